The summed E-state index contributed by atoms with van der Waals surface area (Å²) in [4.78, 5) is 71.9. The van der Waals surface area contributed by atoms with Gasteiger partial charge in [0.1, 0.15) is 31.8 Å². The zero-order valence-corrected chi connectivity index (χ0v) is 18.8. The van der Waals surface area contributed by atoms with E-state index >= 15 is 0 Å². The molecule has 0 aromatic heterocycles. The third kappa shape index (κ3) is 5.55. The smallest absolute Gasteiger partial charge is 0.176 e. The summed E-state index contributed by atoms with van der Waals surface area (Å²) >= 11 is 2.56. The molecule has 12 heteroatoms. The first-order valence-corrected chi connectivity index (χ1v) is 14.0. The molecule has 2 rings (SSSR count). The molecule has 0 aromatic rings. The molecule has 0 aliphatic heterocycles. The van der Waals surface area contributed by atoms with Crippen LogP contribution < -0.4 is 0 Å². The number of carbonyl (C=O) groups excluding carboxylic acids is 6. The van der Waals surface area contributed by atoms with Crippen molar-refractivity contribution in [2.45, 2.75) is 23.3 Å². The van der Waals surface area contributed by atoms with Crippen molar-refractivity contribution < 1.29 is 38.2 Å². The molecular weight excluding hydrogens is 446 g/mol. The van der Waals surface area contributed by atoms with Crippen LogP contribution in [-0.4, -0.2) is 71.5 Å². The Hall–Kier alpha value is -0.500. The SMILES string of the molecule is CSC1CC(=O)C(C(=O)COCOCC(=O)C2C(=O)CC(SPP)C2=O)C1=O. The van der Waals surface area contributed by atoms with E-state index in [1.807, 2.05) is 0 Å². The van der Waals surface area contributed by atoms with E-state index in [9.17, 15) is 28.8 Å². The van der Waals surface area contributed by atoms with E-state index in [-0.39, 0.29) is 12.8 Å². The first kappa shape index (κ1) is 23.8. The highest BCUT2D eigenvalue weighted by molar-refractivity contribution is 8.65. The Kier molecular flexibility index (Phi) is 9.38. The van der Waals surface area contributed by atoms with Gasteiger partial charge in [-0.15, -0.1) is 20.3 Å². The molecule has 8 nitrogen and oxygen atoms in total. The number of hydrogen-bond donors (Lipinski definition) is 0. The minimum absolute atomic E-state index is 0.0430. The first-order valence-electron chi connectivity index (χ1n) is 8.29. The highest BCUT2D eigenvalue weighted by atomic mass is 32.9. The number of rotatable bonds is 11. The summed E-state index contributed by atoms with van der Waals surface area (Å²) in [6, 6.07) is 0. The second-order valence-corrected chi connectivity index (χ2v) is 11.8. The lowest BCUT2D eigenvalue weighted by Gasteiger charge is -2.10. The zero-order valence-electron chi connectivity index (χ0n) is 15.0. The maximum atomic E-state index is 12.1. The first-order chi connectivity index (χ1) is 13.3. The lowest BCUT2D eigenvalue weighted by Crippen LogP contribution is -2.32. The van der Waals surface area contributed by atoms with Crippen molar-refractivity contribution in [3.8, 4) is 0 Å². The fourth-order valence-corrected chi connectivity index (χ4v) is 6.99. The van der Waals surface area contributed by atoms with E-state index in [2.05, 4.69) is 8.93 Å². The Balaban J connectivity index is 1.72. The monoisotopic (exact) mass is 466 g/mol. The second-order valence-electron chi connectivity index (χ2n) is 6.21. The third-order valence-electron chi connectivity index (χ3n) is 4.41. The van der Waals surface area contributed by atoms with Crippen molar-refractivity contribution in [3.05, 3.63) is 0 Å². The van der Waals surface area contributed by atoms with Crippen LogP contribution in [0.5, 0.6) is 0 Å². The number of carbonyl (C=O) groups is 6. The van der Waals surface area contributed by atoms with Crippen LogP contribution in [-0.2, 0) is 38.2 Å². The molecule has 6 unspecified atom stereocenters. The molecule has 154 valence electrons. The van der Waals surface area contributed by atoms with E-state index in [0.29, 0.717) is 7.47 Å². The van der Waals surface area contributed by atoms with E-state index in [1.165, 1.54) is 23.1 Å². The summed E-state index contributed by atoms with van der Waals surface area (Å²) in [5, 5.41) is -0.983. The van der Waals surface area contributed by atoms with Gasteiger partial charge in [0.2, 0.25) is 0 Å². The maximum absolute atomic E-state index is 12.1. The fourth-order valence-electron chi connectivity index (χ4n) is 3.06. The van der Waals surface area contributed by atoms with Crippen molar-refractivity contribution in [1.29, 1.82) is 0 Å². The predicted octanol–water partition coefficient (Wildman–Crippen LogP) is 0.648. The van der Waals surface area contributed by atoms with Crippen LogP contribution in [0.2, 0.25) is 0 Å². The molecule has 0 radical (unpaired) electrons. The van der Waals surface area contributed by atoms with E-state index in [4.69, 9.17) is 9.47 Å². The molecule has 0 heterocycles. The molecule has 0 amide bonds. The fraction of sp³-hybridized carbons (Fsp3) is 0.625. The van der Waals surface area contributed by atoms with Crippen LogP contribution in [0.1, 0.15) is 12.8 Å². The second kappa shape index (κ2) is 11.0. The van der Waals surface area contributed by atoms with Gasteiger partial charge in [-0.1, -0.05) is 0 Å². The van der Waals surface area contributed by atoms with E-state index in [1.54, 1.807) is 6.26 Å². The molecular formula is C16H20O8P2S2. The van der Waals surface area contributed by atoms with Gasteiger partial charge in [0.05, 0.1) is 10.5 Å². The number of ketones is 6. The number of Topliss-reactive ketones (excluding diaryl/α,β-unsaturated/α-hetero) is 6. The highest BCUT2D eigenvalue weighted by Crippen LogP contribution is 2.44. The van der Waals surface area contributed by atoms with Gasteiger partial charge < -0.3 is 9.47 Å². The Bertz CT molecular complexity index is 698. The van der Waals surface area contributed by atoms with E-state index in [0.717, 1.165) is 0 Å². The van der Waals surface area contributed by atoms with Gasteiger partial charge in [0.25, 0.3) is 0 Å². The van der Waals surface area contributed by atoms with Gasteiger partial charge in [0.15, 0.2) is 34.7 Å². The van der Waals surface area contributed by atoms with Crippen molar-refractivity contribution in [2.75, 3.05) is 26.3 Å². The molecule has 0 N–H and O–H groups in total. The lowest BCUT2D eigenvalue weighted by molar-refractivity contribution is -0.144. The summed E-state index contributed by atoms with van der Waals surface area (Å²) in [5.74, 6) is -5.47. The van der Waals surface area contributed by atoms with Crippen molar-refractivity contribution in [2.24, 2.45) is 11.8 Å². The summed E-state index contributed by atoms with van der Waals surface area (Å²) in [7, 11) is 2.84. The van der Waals surface area contributed by atoms with Gasteiger partial charge in [-0.05, 0) is 13.7 Å². The number of thioether (sulfide) groups is 1. The van der Waals surface area contributed by atoms with Crippen molar-refractivity contribution in [3.63, 3.8) is 0 Å². The standard InChI is InChI=1S/C16H20O8P2S2/c1-27-11-2-7(17)13(15(11)21)9(19)4-23-6-24-5-10(20)14-8(18)3-12(16(14)22)28-26-25/h11-14,26H,2-6,25H2,1H3. The minimum atomic E-state index is -1.29. The van der Waals surface area contributed by atoms with Gasteiger partial charge in [-0.25, -0.2) is 0 Å². The molecule has 6 atom stereocenters. The third-order valence-corrected chi connectivity index (χ3v) is 8.69. The van der Waals surface area contributed by atoms with Gasteiger partial charge in [0, 0.05) is 12.8 Å². The Labute approximate surface area is 174 Å². The number of hydrogen-bond acceptors (Lipinski definition) is 10. The average Bonchev–Trinajstić information content (AvgIpc) is 3.09. The van der Waals surface area contributed by atoms with Crippen LogP contribution >= 0.6 is 39.5 Å². The van der Waals surface area contributed by atoms with Crippen LogP contribution in [0.15, 0.2) is 0 Å². The Morgan fingerprint density at radius 3 is 1.86 bits per heavy atom. The van der Waals surface area contributed by atoms with Gasteiger partial charge in [-0.3, -0.25) is 28.8 Å². The van der Waals surface area contributed by atoms with Gasteiger partial charge in [-0.2, -0.15) is 11.8 Å². The molecule has 0 bridgehead atoms. The van der Waals surface area contributed by atoms with Crippen LogP contribution in [0.3, 0.4) is 0 Å². The average molecular weight is 466 g/mol. The number of ether oxygens (including phenoxy) is 2. The van der Waals surface area contributed by atoms with Crippen LogP contribution in [0.4, 0.5) is 0 Å². The molecule has 28 heavy (non-hydrogen) atoms. The summed E-state index contributed by atoms with van der Waals surface area (Å²) in [6.45, 7) is -1.42. The van der Waals surface area contributed by atoms with Crippen LogP contribution in [0.25, 0.3) is 0 Å². The summed E-state index contributed by atoms with van der Waals surface area (Å²) in [5.41, 5.74) is 0. The predicted molar refractivity (Wildman–Crippen MR) is 110 cm³/mol. The van der Waals surface area contributed by atoms with Crippen molar-refractivity contribution in [1.82, 2.24) is 0 Å². The summed E-state index contributed by atoms with van der Waals surface area (Å²) in [6.07, 6.45) is 1.79. The molecule has 0 spiro atoms. The normalized spacial score (nSPS) is 28.1. The lowest BCUT2D eigenvalue weighted by atomic mass is 10.0. The minimum Gasteiger partial charge on any atom is -0.348 e. The van der Waals surface area contributed by atoms with Crippen LogP contribution in [0, 0.1) is 11.8 Å². The van der Waals surface area contributed by atoms with Gasteiger partial charge >= 0.3 is 0 Å². The molecule has 2 aliphatic rings. The Morgan fingerprint density at radius 2 is 1.43 bits per heavy atom. The van der Waals surface area contributed by atoms with Crippen molar-refractivity contribution >= 4 is 74.2 Å². The molecule has 0 saturated heterocycles. The highest BCUT2D eigenvalue weighted by Gasteiger charge is 2.46. The zero-order chi connectivity index (χ0) is 20.8. The quantitative estimate of drug-likeness (QED) is 0.186. The summed E-state index contributed by atoms with van der Waals surface area (Å²) < 4.78 is 9.99. The molecule has 2 fully saturated rings. The molecule has 2 saturated carbocycles. The molecule has 2 aliphatic carbocycles. The van der Waals surface area contributed by atoms with E-state index < -0.39 is 77.0 Å². The topological polar surface area (TPSA) is 121 Å². The Morgan fingerprint density at radius 1 is 0.964 bits per heavy atom. The maximum Gasteiger partial charge on any atom is 0.176 e. The molecule has 0 aromatic carbocycles. The largest absolute Gasteiger partial charge is 0.348 e.